The fourth-order valence-electron chi connectivity index (χ4n) is 3.25. The molecule has 166 valence electrons. The van der Waals surface area contributed by atoms with Crippen molar-refractivity contribution >= 4 is 23.5 Å². The molecule has 0 saturated carbocycles. The summed E-state index contributed by atoms with van der Waals surface area (Å²) < 4.78 is 36.4. The van der Waals surface area contributed by atoms with Crippen LogP contribution < -0.4 is 5.73 Å². The van der Waals surface area contributed by atoms with Crippen LogP contribution in [-0.4, -0.2) is 22.8 Å². The number of amides is 1. The second-order valence-corrected chi connectivity index (χ2v) is 7.40. The van der Waals surface area contributed by atoms with E-state index in [1.54, 1.807) is 61.5 Å². The highest BCUT2D eigenvalue weighted by Crippen LogP contribution is 2.33. The molecule has 1 amide bonds. The summed E-state index contributed by atoms with van der Waals surface area (Å²) in [5.74, 6) is -2.66. The van der Waals surface area contributed by atoms with Crippen LogP contribution in [0.1, 0.15) is 29.7 Å². The van der Waals surface area contributed by atoms with Crippen LogP contribution in [0.3, 0.4) is 0 Å². The van der Waals surface area contributed by atoms with E-state index in [1.807, 2.05) is 0 Å². The van der Waals surface area contributed by atoms with Gasteiger partial charge in [-0.3, -0.25) is 10.2 Å². The second kappa shape index (κ2) is 10.3. The van der Waals surface area contributed by atoms with E-state index in [2.05, 4.69) is 0 Å². The molecule has 0 aromatic heterocycles. The van der Waals surface area contributed by atoms with Crippen molar-refractivity contribution in [3.8, 4) is 11.1 Å². The molecule has 0 saturated heterocycles. The van der Waals surface area contributed by atoms with E-state index in [-0.39, 0.29) is 24.6 Å². The minimum atomic E-state index is -1.56. The predicted octanol–water partition coefficient (Wildman–Crippen LogP) is 5.18. The van der Waals surface area contributed by atoms with Crippen LogP contribution in [0.25, 0.3) is 11.1 Å². The third-order valence-corrected chi connectivity index (χ3v) is 5.14. The Morgan fingerprint density at radius 3 is 2.34 bits per heavy atom. The van der Waals surface area contributed by atoms with Crippen molar-refractivity contribution in [1.82, 2.24) is 4.42 Å². The van der Waals surface area contributed by atoms with Gasteiger partial charge in [-0.2, -0.15) is 0 Å². The van der Waals surface area contributed by atoms with E-state index in [0.717, 1.165) is 10.5 Å². The van der Waals surface area contributed by atoms with E-state index < -0.39 is 29.2 Å². The third-order valence-electron chi connectivity index (χ3n) is 4.86. The van der Waals surface area contributed by atoms with E-state index >= 15 is 4.39 Å². The minimum absolute atomic E-state index is 0.0379. The highest BCUT2D eigenvalue weighted by Gasteiger charge is 2.32. The normalized spacial score (nSPS) is 11.8. The molecule has 3 N–H and O–H groups in total. The molecule has 0 heterocycles. The van der Waals surface area contributed by atoms with E-state index in [0.29, 0.717) is 16.7 Å². The Hall–Kier alpha value is -3.29. The van der Waals surface area contributed by atoms with Gasteiger partial charge in [0.25, 0.3) is 5.91 Å². The fourth-order valence-corrected chi connectivity index (χ4v) is 3.48. The summed E-state index contributed by atoms with van der Waals surface area (Å²) in [5.41, 5.74) is 6.81. The molecule has 0 fully saturated rings. The standard InChI is InChI=1S/C24H22ClF2N3O2/c1-2-32-22(24(31)30(25)14-15-8-10-17(11-9-15)23(28)29)20-19(26)13-12-18(21(20)27)16-6-4-3-5-7-16/h3-13,22H,2,14H2,1H3,(H3,28,29). The van der Waals surface area contributed by atoms with E-state index in [1.165, 1.54) is 6.07 Å². The van der Waals surface area contributed by atoms with Gasteiger partial charge in [-0.1, -0.05) is 54.6 Å². The number of benzene rings is 3. The Bertz CT molecular complexity index is 1110. The summed E-state index contributed by atoms with van der Waals surface area (Å²) >= 11 is 6.20. The molecular formula is C24H22ClF2N3O2. The Labute approximate surface area is 190 Å². The zero-order chi connectivity index (χ0) is 23.3. The number of hydrogen-bond acceptors (Lipinski definition) is 3. The Morgan fingerprint density at radius 1 is 1.09 bits per heavy atom. The van der Waals surface area contributed by atoms with Crippen molar-refractivity contribution in [2.75, 3.05) is 6.61 Å². The molecule has 0 aliphatic rings. The first kappa shape index (κ1) is 23.4. The SMILES string of the molecule is CCOC(C(=O)N(Cl)Cc1ccc(C(=N)N)cc1)c1c(F)ccc(-c2ccccc2)c1F. The monoisotopic (exact) mass is 457 g/mol. The van der Waals surface area contributed by atoms with Crippen molar-refractivity contribution in [3.05, 3.63) is 95.1 Å². The topological polar surface area (TPSA) is 79.4 Å². The Balaban J connectivity index is 1.91. The van der Waals surface area contributed by atoms with Gasteiger partial charge in [-0.25, -0.2) is 13.2 Å². The number of nitrogens with one attached hydrogen (secondary N) is 1. The summed E-state index contributed by atoms with van der Waals surface area (Å²) in [6.07, 6.45) is -1.56. The number of amidine groups is 1. The van der Waals surface area contributed by atoms with Gasteiger partial charge in [0.05, 0.1) is 12.1 Å². The van der Waals surface area contributed by atoms with Crippen molar-refractivity contribution in [3.63, 3.8) is 0 Å². The van der Waals surface area contributed by atoms with Crippen molar-refractivity contribution in [1.29, 1.82) is 5.41 Å². The molecule has 0 radical (unpaired) electrons. The molecule has 0 aliphatic carbocycles. The van der Waals surface area contributed by atoms with Crippen molar-refractivity contribution < 1.29 is 18.3 Å². The smallest absolute Gasteiger partial charge is 0.271 e. The highest BCUT2D eigenvalue weighted by molar-refractivity contribution is 6.21. The van der Waals surface area contributed by atoms with Gasteiger partial charge in [-0.05, 0) is 30.2 Å². The fraction of sp³-hybridized carbons (Fsp3) is 0.167. The molecule has 0 spiro atoms. The first-order valence-electron chi connectivity index (χ1n) is 9.88. The summed E-state index contributed by atoms with van der Waals surface area (Å²) in [6, 6.07) is 17.6. The maximum atomic E-state index is 15.4. The molecule has 1 unspecified atom stereocenters. The molecule has 3 aromatic carbocycles. The maximum absolute atomic E-state index is 15.4. The Kier molecular flexibility index (Phi) is 7.56. The lowest BCUT2D eigenvalue weighted by Gasteiger charge is -2.23. The summed E-state index contributed by atoms with van der Waals surface area (Å²) in [7, 11) is 0. The highest BCUT2D eigenvalue weighted by atomic mass is 35.5. The molecular weight excluding hydrogens is 436 g/mol. The average molecular weight is 458 g/mol. The lowest BCUT2D eigenvalue weighted by atomic mass is 9.98. The van der Waals surface area contributed by atoms with Crippen LogP contribution in [-0.2, 0) is 16.1 Å². The van der Waals surface area contributed by atoms with E-state index in [4.69, 9.17) is 27.7 Å². The van der Waals surface area contributed by atoms with Crippen LogP contribution >= 0.6 is 11.8 Å². The van der Waals surface area contributed by atoms with Gasteiger partial charge in [0, 0.05) is 29.5 Å². The number of nitrogens with zero attached hydrogens (tertiary/aromatic N) is 1. The van der Waals surface area contributed by atoms with Crippen LogP contribution in [0.5, 0.6) is 0 Å². The molecule has 5 nitrogen and oxygen atoms in total. The minimum Gasteiger partial charge on any atom is -0.384 e. The predicted molar refractivity (Wildman–Crippen MR) is 120 cm³/mol. The number of ether oxygens (including phenoxy) is 1. The molecule has 0 bridgehead atoms. The third kappa shape index (κ3) is 5.12. The zero-order valence-corrected chi connectivity index (χ0v) is 18.1. The molecule has 3 aromatic rings. The van der Waals surface area contributed by atoms with Gasteiger partial charge in [0.15, 0.2) is 6.10 Å². The molecule has 8 heteroatoms. The van der Waals surface area contributed by atoms with Crippen LogP contribution in [0, 0.1) is 17.0 Å². The number of carbonyl (C=O) groups is 1. The van der Waals surface area contributed by atoms with Crippen LogP contribution in [0.15, 0.2) is 66.7 Å². The first-order chi connectivity index (χ1) is 15.3. The number of nitrogens with two attached hydrogens (primary N) is 1. The van der Waals surface area contributed by atoms with E-state index in [9.17, 15) is 9.18 Å². The second-order valence-electron chi connectivity index (χ2n) is 6.99. The Morgan fingerprint density at radius 2 is 1.75 bits per heavy atom. The van der Waals surface area contributed by atoms with Crippen molar-refractivity contribution in [2.45, 2.75) is 19.6 Å². The number of carbonyl (C=O) groups excluding carboxylic acids is 1. The first-order valence-corrected chi connectivity index (χ1v) is 10.2. The number of halogens is 3. The number of hydrogen-bond donors (Lipinski definition) is 2. The molecule has 1 atom stereocenters. The summed E-state index contributed by atoms with van der Waals surface area (Å²) in [5, 5.41) is 7.43. The van der Waals surface area contributed by atoms with Gasteiger partial charge in [0.2, 0.25) is 0 Å². The van der Waals surface area contributed by atoms with Gasteiger partial charge in [0.1, 0.15) is 17.5 Å². The maximum Gasteiger partial charge on any atom is 0.271 e. The van der Waals surface area contributed by atoms with Crippen LogP contribution in [0.2, 0.25) is 0 Å². The summed E-state index contributed by atoms with van der Waals surface area (Å²) in [4.78, 5) is 13.0. The van der Waals surface area contributed by atoms with Gasteiger partial charge < -0.3 is 10.5 Å². The zero-order valence-electron chi connectivity index (χ0n) is 17.3. The largest absolute Gasteiger partial charge is 0.384 e. The number of rotatable bonds is 8. The molecule has 0 aliphatic heterocycles. The molecule has 3 rings (SSSR count). The summed E-state index contributed by atoms with van der Waals surface area (Å²) in [6.45, 7) is 1.63. The lowest BCUT2D eigenvalue weighted by molar-refractivity contribution is -0.139. The number of nitrogen functional groups attached to an aromatic ring is 1. The lowest BCUT2D eigenvalue weighted by Crippen LogP contribution is -2.30. The average Bonchev–Trinajstić information content (AvgIpc) is 2.79. The van der Waals surface area contributed by atoms with Gasteiger partial charge >= 0.3 is 0 Å². The van der Waals surface area contributed by atoms with Crippen molar-refractivity contribution in [2.24, 2.45) is 5.73 Å². The molecule has 32 heavy (non-hydrogen) atoms. The van der Waals surface area contributed by atoms with Crippen LogP contribution in [0.4, 0.5) is 8.78 Å². The quantitative estimate of drug-likeness (QED) is 0.278. The van der Waals surface area contributed by atoms with Gasteiger partial charge in [-0.15, -0.1) is 0 Å².